The Kier molecular flexibility index (Phi) is 1.35. The molecule has 3 heteroatoms. The van der Waals surface area contributed by atoms with Gasteiger partial charge in [0.15, 0.2) is 0 Å². The lowest BCUT2D eigenvalue weighted by Gasteiger charge is -2.00. The maximum atomic E-state index is 12.6. The standard InChI is InChI=1S/C8H7FN2/c9-7-1-2-8-6(3-7)4-10-5-11-8/h1-4,10H,5H2. The van der Waals surface area contributed by atoms with E-state index >= 15 is 0 Å². The Balaban J connectivity index is 2.80. The van der Waals surface area contributed by atoms with Gasteiger partial charge >= 0.3 is 0 Å². The van der Waals surface area contributed by atoms with Crippen molar-refractivity contribution in [2.24, 2.45) is 4.99 Å². The SMILES string of the molecule is Fc1ccc2c(c1)=CNCN=2. The Hall–Kier alpha value is -1.38. The van der Waals surface area contributed by atoms with E-state index in [0.717, 1.165) is 10.6 Å². The van der Waals surface area contributed by atoms with Crippen LogP contribution >= 0.6 is 0 Å². The largest absolute Gasteiger partial charge is 0.372 e. The molecule has 0 unspecified atom stereocenters. The molecule has 0 saturated carbocycles. The number of rotatable bonds is 0. The van der Waals surface area contributed by atoms with Crippen LogP contribution in [0.25, 0.3) is 6.20 Å². The second-order valence-electron chi connectivity index (χ2n) is 2.37. The molecular weight excluding hydrogens is 143 g/mol. The molecule has 1 aromatic rings. The lowest BCUT2D eigenvalue weighted by atomic mass is 10.3. The van der Waals surface area contributed by atoms with Gasteiger partial charge in [-0.2, -0.15) is 0 Å². The van der Waals surface area contributed by atoms with Crippen LogP contribution in [0.3, 0.4) is 0 Å². The van der Waals surface area contributed by atoms with E-state index in [1.807, 2.05) is 0 Å². The fraction of sp³-hybridized carbons (Fsp3) is 0.125. The first-order valence-corrected chi connectivity index (χ1v) is 3.40. The normalized spacial score (nSPS) is 13.9. The summed E-state index contributed by atoms with van der Waals surface area (Å²) in [5, 5.41) is 4.58. The summed E-state index contributed by atoms with van der Waals surface area (Å²) in [4.78, 5) is 4.13. The van der Waals surface area contributed by atoms with Crippen LogP contribution in [-0.4, -0.2) is 6.67 Å². The van der Waals surface area contributed by atoms with E-state index < -0.39 is 0 Å². The Morgan fingerprint density at radius 1 is 1.45 bits per heavy atom. The van der Waals surface area contributed by atoms with Crippen LogP contribution in [0.2, 0.25) is 0 Å². The molecule has 0 bridgehead atoms. The summed E-state index contributed by atoms with van der Waals surface area (Å²) in [5.41, 5.74) is 0. The average Bonchev–Trinajstić information content (AvgIpc) is 2.04. The van der Waals surface area contributed by atoms with E-state index in [2.05, 4.69) is 10.3 Å². The number of hydrogen-bond donors (Lipinski definition) is 1. The molecule has 0 aliphatic carbocycles. The summed E-state index contributed by atoms with van der Waals surface area (Å²) >= 11 is 0. The Morgan fingerprint density at radius 2 is 2.36 bits per heavy atom. The molecule has 1 aromatic carbocycles. The molecule has 1 aliphatic rings. The maximum Gasteiger partial charge on any atom is 0.124 e. The van der Waals surface area contributed by atoms with Crippen molar-refractivity contribution in [3.8, 4) is 0 Å². The monoisotopic (exact) mass is 150 g/mol. The van der Waals surface area contributed by atoms with Gasteiger partial charge in [-0.1, -0.05) is 0 Å². The molecule has 1 aliphatic heterocycles. The summed E-state index contributed by atoms with van der Waals surface area (Å²) in [6, 6.07) is 4.56. The molecule has 0 amide bonds. The van der Waals surface area contributed by atoms with Gasteiger partial charge in [-0.05, 0) is 18.2 Å². The quantitative estimate of drug-likeness (QED) is 0.541. The van der Waals surface area contributed by atoms with Crippen LogP contribution in [-0.2, 0) is 0 Å². The molecule has 0 radical (unpaired) electrons. The number of hydrogen-bond acceptors (Lipinski definition) is 2. The zero-order chi connectivity index (χ0) is 7.68. The van der Waals surface area contributed by atoms with Crippen molar-refractivity contribution in [2.45, 2.75) is 0 Å². The molecule has 0 saturated heterocycles. The highest BCUT2D eigenvalue weighted by Gasteiger charge is 1.93. The smallest absolute Gasteiger partial charge is 0.124 e. The Labute approximate surface area is 63.1 Å². The van der Waals surface area contributed by atoms with Gasteiger partial charge < -0.3 is 5.32 Å². The zero-order valence-electron chi connectivity index (χ0n) is 5.84. The molecule has 0 atom stereocenters. The molecule has 0 spiro atoms. The molecule has 1 N–H and O–H groups in total. The first kappa shape index (κ1) is 6.34. The van der Waals surface area contributed by atoms with Crippen LogP contribution in [0, 0.1) is 5.82 Å². The van der Waals surface area contributed by atoms with Crippen LogP contribution in [0.5, 0.6) is 0 Å². The number of fused-ring (bicyclic) bond motifs is 1. The second-order valence-corrected chi connectivity index (χ2v) is 2.37. The summed E-state index contributed by atoms with van der Waals surface area (Å²) < 4.78 is 12.6. The van der Waals surface area contributed by atoms with Gasteiger partial charge in [0.1, 0.15) is 12.5 Å². The Morgan fingerprint density at radius 3 is 3.27 bits per heavy atom. The van der Waals surface area contributed by atoms with Crippen molar-refractivity contribution in [3.63, 3.8) is 0 Å². The first-order chi connectivity index (χ1) is 5.36. The van der Waals surface area contributed by atoms with E-state index in [1.54, 1.807) is 12.3 Å². The predicted octanol–water partition coefficient (Wildman–Crippen LogP) is -0.256. The summed E-state index contributed by atoms with van der Waals surface area (Å²) in [6.07, 6.45) is 1.77. The van der Waals surface area contributed by atoms with E-state index in [1.165, 1.54) is 12.1 Å². The van der Waals surface area contributed by atoms with Gasteiger partial charge in [-0.15, -0.1) is 0 Å². The third-order valence-electron chi connectivity index (χ3n) is 1.59. The van der Waals surface area contributed by atoms with Crippen molar-refractivity contribution < 1.29 is 4.39 Å². The van der Waals surface area contributed by atoms with Crippen molar-refractivity contribution in [1.29, 1.82) is 0 Å². The van der Waals surface area contributed by atoms with E-state index in [9.17, 15) is 4.39 Å². The van der Waals surface area contributed by atoms with Crippen LogP contribution in [0.1, 0.15) is 0 Å². The predicted molar refractivity (Wildman–Crippen MR) is 39.6 cm³/mol. The third kappa shape index (κ3) is 1.09. The topological polar surface area (TPSA) is 24.4 Å². The minimum atomic E-state index is -0.223. The molecule has 1 heterocycles. The lowest BCUT2D eigenvalue weighted by Crippen LogP contribution is -2.33. The number of nitrogens with zero attached hydrogens (tertiary/aromatic N) is 1. The summed E-state index contributed by atoms with van der Waals surface area (Å²) in [7, 11) is 0. The van der Waals surface area contributed by atoms with Crippen LogP contribution < -0.4 is 15.9 Å². The van der Waals surface area contributed by atoms with E-state index in [4.69, 9.17) is 0 Å². The van der Waals surface area contributed by atoms with Gasteiger partial charge in [0.25, 0.3) is 0 Å². The number of halogens is 1. The van der Waals surface area contributed by atoms with Crippen LogP contribution in [0.15, 0.2) is 23.2 Å². The lowest BCUT2D eigenvalue weighted by molar-refractivity contribution is 0.624. The molecular formula is C8H7FN2. The molecule has 0 aromatic heterocycles. The van der Waals surface area contributed by atoms with Gasteiger partial charge in [-0.25, -0.2) is 4.39 Å². The minimum absolute atomic E-state index is 0.223. The number of benzene rings is 1. The molecule has 0 fully saturated rings. The Bertz CT molecular complexity index is 384. The van der Waals surface area contributed by atoms with Crippen molar-refractivity contribution in [3.05, 3.63) is 34.6 Å². The fourth-order valence-electron chi connectivity index (χ4n) is 1.07. The van der Waals surface area contributed by atoms with E-state index in [-0.39, 0.29) is 5.82 Å². The number of nitrogens with one attached hydrogen (secondary N) is 1. The van der Waals surface area contributed by atoms with Crippen molar-refractivity contribution in [2.75, 3.05) is 6.67 Å². The average molecular weight is 150 g/mol. The van der Waals surface area contributed by atoms with Gasteiger partial charge in [0, 0.05) is 11.4 Å². The fourth-order valence-corrected chi connectivity index (χ4v) is 1.07. The highest BCUT2D eigenvalue weighted by Crippen LogP contribution is 1.86. The van der Waals surface area contributed by atoms with Crippen molar-refractivity contribution >= 4 is 6.20 Å². The maximum absolute atomic E-state index is 12.6. The second kappa shape index (κ2) is 2.34. The minimum Gasteiger partial charge on any atom is -0.372 e. The van der Waals surface area contributed by atoms with Gasteiger partial charge in [0.05, 0.1) is 5.36 Å². The first-order valence-electron chi connectivity index (χ1n) is 3.40. The van der Waals surface area contributed by atoms with Gasteiger partial charge in [-0.3, -0.25) is 4.99 Å². The zero-order valence-corrected chi connectivity index (χ0v) is 5.84. The molecule has 56 valence electrons. The molecule has 11 heavy (non-hydrogen) atoms. The summed E-state index contributed by atoms with van der Waals surface area (Å²) in [6.45, 7) is 0.582. The highest BCUT2D eigenvalue weighted by atomic mass is 19.1. The molecule has 2 rings (SSSR count). The highest BCUT2D eigenvalue weighted by molar-refractivity contribution is 5.23. The molecule has 2 nitrogen and oxygen atoms in total. The van der Waals surface area contributed by atoms with Gasteiger partial charge in [0.2, 0.25) is 0 Å². The van der Waals surface area contributed by atoms with E-state index in [0.29, 0.717) is 6.67 Å². The van der Waals surface area contributed by atoms with Crippen LogP contribution in [0.4, 0.5) is 4.39 Å². The summed E-state index contributed by atoms with van der Waals surface area (Å²) in [5.74, 6) is -0.223. The van der Waals surface area contributed by atoms with Crippen molar-refractivity contribution in [1.82, 2.24) is 5.32 Å². The third-order valence-corrected chi connectivity index (χ3v) is 1.59.